The van der Waals surface area contributed by atoms with Crippen molar-refractivity contribution in [2.75, 3.05) is 19.6 Å². The molecule has 2 amide bonds. The van der Waals surface area contributed by atoms with E-state index in [9.17, 15) is 9.59 Å². The van der Waals surface area contributed by atoms with Crippen LogP contribution in [0, 0.1) is 5.92 Å². The zero-order chi connectivity index (χ0) is 16.9. The maximum atomic E-state index is 11.9. The molecule has 0 saturated carbocycles. The van der Waals surface area contributed by atoms with Crippen molar-refractivity contribution >= 4 is 11.8 Å². The number of carbonyl (C=O) groups is 2. The molecule has 0 bridgehead atoms. The Kier molecular flexibility index (Phi) is 10.8. The largest absolute Gasteiger partial charge is 0.356 e. The van der Waals surface area contributed by atoms with Crippen LogP contribution in [0.3, 0.4) is 0 Å². The molecule has 0 radical (unpaired) electrons. The molecular formula is C19H36N2O2. The van der Waals surface area contributed by atoms with Gasteiger partial charge in [-0.15, -0.1) is 0 Å². The van der Waals surface area contributed by atoms with Gasteiger partial charge in [0.2, 0.25) is 11.8 Å². The third kappa shape index (κ3) is 8.38. The maximum absolute atomic E-state index is 11.9. The second-order valence-electron chi connectivity index (χ2n) is 6.82. The molecule has 0 aromatic heterocycles. The topological polar surface area (TPSA) is 49.4 Å². The van der Waals surface area contributed by atoms with Crippen LogP contribution in [0.25, 0.3) is 0 Å². The third-order valence-electron chi connectivity index (χ3n) is 4.72. The minimum absolute atomic E-state index is 0.0337. The van der Waals surface area contributed by atoms with Crippen LogP contribution in [-0.2, 0) is 9.59 Å². The lowest BCUT2D eigenvalue weighted by Crippen LogP contribution is -2.33. The number of nitrogens with zero attached hydrogens (tertiary/aromatic N) is 1. The van der Waals surface area contributed by atoms with Gasteiger partial charge >= 0.3 is 0 Å². The van der Waals surface area contributed by atoms with E-state index in [4.69, 9.17) is 0 Å². The molecule has 1 aliphatic heterocycles. The van der Waals surface area contributed by atoms with E-state index in [1.54, 1.807) is 0 Å². The van der Waals surface area contributed by atoms with Crippen LogP contribution in [-0.4, -0.2) is 36.3 Å². The number of hydrogen-bond acceptors (Lipinski definition) is 2. The van der Waals surface area contributed by atoms with Crippen molar-refractivity contribution in [3.05, 3.63) is 0 Å². The van der Waals surface area contributed by atoms with Crippen molar-refractivity contribution in [2.24, 2.45) is 5.92 Å². The molecular weight excluding hydrogens is 288 g/mol. The molecule has 1 unspecified atom stereocenters. The first-order chi connectivity index (χ1) is 11.2. The number of carbonyl (C=O) groups excluding carboxylic acids is 2. The van der Waals surface area contributed by atoms with Gasteiger partial charge in [0, 0.05) is 26.1 Å². The fourth-order valence-electron chi connectivity index (χ4n) is 3.27. The van der Waals surface area contributed by atoms with Gasteiger partial charge in [-0.1, -0.05) is 64.7 Å². The Balaban J connectivity index is 1.99. The molecule has 1 rings (SSSR count). The Bertz CT molecular complexity index is 344. The fraction of sp³-hybridized carbons (Fsp3) is 0.895. The Morgan fingerprint density at radius 2 is 1.57 bits per heavy atom. The highest BCUT2D eigenvalue weighted by Gasteiger charge is 2.33. The van der Waals surface area contributed by atoms with Gasteiger partial charge < -0.3 is 10.2 Å². The van der Waals surface area contributed by atoms with Crippen molar-refractivity contribution < 1.29 is 9.59 Å². The van der Waals surface area contributed by atoms with Crippen LogP contribution in [0.2, 0.25) is 0 Å². The van der Waals surface area contributed by atoms with Gasteiger partial charge in [0.05, 0.1) is 5.92 Å². The standard InChI is InChI=1S/C19H36N2O2/c1-3-5-6-7-8-9-10-11-12-13-14-21-16-17(15-18(21)22)19(23)20-4-2/h17H,3-16H2,1-2H3,(H,20,23). The van der Waals surface area contributed by atoms with E-state index in [0.717, 1.165) is 13.0 Å². The molecule has 23 heavy (non-hydrogen) atoms. The van der Waals surface area contributed by atoms with Gasteiger partial charge in [-0.05, 0) is 13.3 Å². The average molecular weight is 325 g/mol. The Morgan fingerprint density at radius 3 is 2.13 bits per heavy atom. The minimum Gasteiger partial charge on any atom is -0.356 e. The van der Waals surface area contributed by atoms with Gasteiger partial charge in [0.15, 0.2) is 0 Å². The summed E-state index contributed by atoms with van der Waals surface area (Å²) in [6.45, 7) is 6.25. The maximum Gasteiger partial charge on any atom is 0.225 e. The van der Waals surface area contributed by atoms with Crippen LogP contribution in [0.4, 0.5) is 0 Å². The van der Waals surface area contributed by atoms with Gasteiger partial charge in [0.1, 0.15) is 0 Å². The molecule has 134 valence electrons. The summed E-state index contributed by atoms with van der Waals surface area (Å²) in [4.78, 5) is 25.6. The van der Waals surface area contributed by atoms with Crippen molar-refractivity contribution in [3.63, 3.8) is 0 Å². The van der Waals surface area contributed by atoms with Crippen molar-refractivity contribution in [3.8, 4) is 0 Å². The Labute approximate surface area is 142 Å². The molecule has 4 nitrogen and oxygen atoms in total. The smallest absolute Gasteiger partial charge is 0.225 e. The quantitative estimate of drug-likeness (QED) is 0.522. The van der Waals surface area contributed by atoms with Gasteiger partial charge in [0.25, 0.3) is 0 Å². The second-order valence-corrected chi connectivity index (χ2v) is 6.82. The summed E-state index contributed by atoms with van der Waals surface area (Å²) in [5, 5.41) is 2.82. The summed E-state index contributed by atoms with van der Waals surface area (Å²) in [7, 11) is 0. The molecule has 0 aliphatic carbocycles. The minimum atomic E-state index is -0.134. The lowest BCUT2D eigenvalue weighted by atomic mass is 10.1. The molecule has 1 saturated heterocycles. The predicted molar refractivity (Wildman–Crippen MR) is 95.2 cm³/mol. The second kappa shape index (κ2) is 12.4. The number of hydrogen-bond donors (Lipinski definition) is 1. The molecule has 1 atom stereocenters. The number of nitrogens with one attached hydrogen (secondary N) is 1. The van der Waals surface area contributed by atoms with Crippen LogP contribution < -0.4 is 5.32 Å². The average Bonchev–Trinajstić information content (AvgIpc) is 2.91. The first-order valence-corrected chi connectivity index (χ1v) is 9.74. The Morgan fingerprint density at radius 1 is 1.00 bits per heavy atom. The molecule has 1 aliphatic rings. The van der Waals surface area contributed by atoms with Gasteiger partial charge in [-0.25, -0.2) is 0 Å². The van der Waals surface area contributed by atoms with Crippen LogP contribution in [0.5, 0.6) is 0 Å². The van der Waals surface area contributed by atoms with E-state index in [2.05, 4.69) is 12.2 Å². The van der Waals surface area contributed by atoms with Crippen LogP contribution in [0.1, 0.15) is 84.5 Å². The lowest BCUT2D eigenvalue weighted by Gasteiger charge is -2.16. The summed E-state index contributed by atoms with van der Waals surface area (Å²) in [6, 6.07) is 0. The molecule has 0 spiro atoms. The van der Waals surface area contributed by atoms with Gasteiger partial charge in [-0.3, -0.25) is 9.59 Å². The SMILES string of the molecule is CCCCCCCCCCCCN1CC(C(=O)NCC)CC1=O. The van der Waals surface area contributed by atoms with Crippen LogP contribution in [0.15, 0.2) is 0 Å². The van der Waals surface area contributed by atoms with E-state index in [0.29, 0.717) is 19.5 Å². The summed E-state index contributed by atoms with van der Waals surface area (Å²) >= 11 is 0. The van der Waals surface area contributed by atoms with E-state index in [1.807, 2.05) is 11.8 Å². The lowest BCUT2D eigenvalue weighted by molar-refractivity contribution is -0.129. The van der Waals surface area contributed by atoms with E-state index in [-0.39, 0.29) is 17.7 Å². The first kappa shape index (κ1) is 20.0. The normalized spacial score (nSPS) is 17.7. The number of amides is 2. The number of rotatable bonds is 13. The van der Waals surface area contributed by atoms with E-state index < -0.39 is 0 Å². The number of likely N-dealkylation sites (tertiary alicyclic amines) is 1. The van der Waals surface area contributed by atoms with E-state index in [1.165, 1.54) is 57.8 Å². The van der Waals surface area contributed by atoms with Gasteiger partial charge in [-0.2, -0.15) is 0 Å². The van der Waals surface area contributed by atoms with Crippen molar-refractivity contribution in [1.82, 2.24) is 10.2 Å². The Hall–Kier alpha value is -1.06. The number of unbranched alkanes of at least 4 members (excludes halogenated alkanes) is 9. The van der Waals surface area contributed by atoms with Crippen molar-refractivity contribution in [1.29, 1.82) is 0 Å². The molecule has 1 fully saturated rings. The molecule has 1 N–H and O–H groups in total. The molecule has 4 heteroatoms. The highest BCUT2D eigenvalue weighted by molar-refractivity contribution is 5.89. The monoisotopic (exact) mass is 324 g/mol. The summed E-state index contributed by atoms with van der Waals surface area (Å²) in [5.41, 5.74) is 0. The zero-order valence-corrected chi connectivity index (χ0v) is 15.2. The molecule has 0 aromatic rings. The predicted octanol–water partition coefficient (Wildman–Crippen LogP) is 3.89. The summed E-state index contributed by atoms with van der Waals surface area (Å²) in [5.74, 6) is 0.0502. The fourth-order valence-corrected chi connectivity index (χ4v) is 3.27. The van der Waals surface area contributed by atoms with Crippen molar-refractivity contribution in [2.45, 2.75) is 84.5 Å². The van der Waals surface area contributed by atoms with E-state index >= 15 is 0 Å². The van der Waals surface area contributed by atoms with Crippen LogP contribution >= 0.6 is 0 Å². The molecule has 1 heterocycles. The highest BCUT2D eigenvalue weighted by atomic mass is 16.2. The summed E-state index contributed by atoms with van der Waals surface area (Å²) in [6.07, 6.45) is 13.5. The summed E-state index contributed by atoms with van der Waals surface area (Å²) < 4.78 is 0. The zero-order valence-electron chi connectivity index (χ0n) is 15.2. The third-order valence-corrected chi connectivity index (χ3v) is 4.72. The first-order valence-electron chi connectivity index (χ1n) is 9.74. The highest BCUT2D eigenvalue weighted by Crippen LogP contribution is 2.19. The molecule has 0 aromatic carbocycles.